The molecule has 2 N–H and O–H groups in total. The van der Waals surface area contributed by atoms with Crippen LogP contribution in [-0.2, 0) is 0 Å². The number of likely N-dealkylation sites (N-methyl/N-ethyl adjacent to an activating group) is 1. The van der Waals surface area contributed by atoms with E-state index in [1.54, 1.807) is 0 Å². The number of hydrogen-bond donors (Lipinski definition) is 2. The van der Waals surface area contributed by atoms with Gasteiger partial charge in [0.05, 0.1) is 5.60 Å². The lowest BCUT2D eigenvalue weighted by atomic mass is 9.97. The summed E-state index contributed by atoms with van der Waals surface area (Å²) in [5, 5.41) is 13.6. The summed E-state index contributed by atoms with van der Waals surface area (Å²) < 4.78 is 0. The van der Waals surface area contributed by atoms with Crippen molar-refractivity contribution < 1.29 is 5.11 Å². The van der Waals surface area contributed by atoms with E-state index in [-0.39, 0.29) is 0 Å². The summed E-state index contributed by atoms with van der Waals surface area (Å²) in [6, 6.07) is 0.617. The lowest BCUT2D eigenvalue weighted by Gasteiger charge is -2.39. The molecule has 0 radical (unpaired) electrons. The first-order valence-corrected chi connectivity index (χ1v) is 6.76. The maximum Gasteiger partial charge on any atom is 0.0743 e. The lowest BCUT2D eigenvalue weighted by molar-refractivity contribution is -0.00587. The number of β-amino-alcohol motifs (C(OH)–C–C–N with tert-alkyl or cyclic N) is 1. The fourth-order valence-corrected chi connectivity index (χ4v) is 2.36. The van der Waals surface area contributed by atoms with Gasteiger partial charge in [-0.3, -0.25) is 4.90 Å². The van der Waals surface area contributed by atoms with Crippen LogP contribution >= 0.6 is 0 Å². The highest BCUT2D eigenvalue weighted by Crippen LogP contribution is 2.20. The second kappa shape index (κ2) is 6.58. The van der Waals surface area contributed by atoms with E-state index in [4.69, 9.17) is 0 Å². The highest BCUT2D eigenvalue weighted by Gasteiger charge is 2.28. The van der Waals surface area contributed by atoms with E-state index in [2.05, 4.69) is 24.1 Å². The van der Waals surface area contributed by atoms with Gasteiger partial charge in [0.2, 0.25) is 0 Å². The Hall–Kier alpha value is -0.120. The van der Waals surface area contributed by atoms with Crippen molar-refractivity contribution in [1.29, 1.82) is 0 Å². The summed E-state index contributed by atoms with van der Waals surface area (Å²) in [7, 11) is 0. The average Bonchev–Trinajstić information content (AvgIpc) is 2.27. The molecule has 1 heterocycles. The molecule has 0 saturated carbocycles. The third kappa shape index (κ3) is 4.40. The number of hydrogen-bond acceptors (Lipinski definition) is 3. The maximum atomic E-state index is 10.2. The number of piperidine rings is 1. The molecule has 1 rings (SSSR count). The molecule has 0 spiro atoms. The van der Waals surface area contributed by atoms with Gasteiger partial charge < -0.3 is 10.4 Å². The minimum absolute atomic E-state index is 0.526. The fourth-order valence-electron chi connectivity index (χ4n) is 2.36. The molecule has 1 aliphatic heterocycles. The van der Waals surface area contributed by atoms with Crippen molar-refractivity contribution in [2.75, 3.05) is 26.2 Å². The summed E-state index contributed by atoms with van der Waals surface area (Å²) >= 11 is 0. The van der Waals surface area contributed by atoms with Crippen LogP contribution in [0.2, 0.25) is 0 Å². The Kier molecular flexibility index (Phi) is 5.73. The van der Waals surface area contributed by atoms with E-state index in [1.165, 1.54) is 19.3 Å². The van der Waals surface area contributed by atoms with Gasteiger partial charge >= 0.3 is 0 Å². The minimum Gasteiger partial charge on any atom is -0.389 e. The topological polar surface area (TPSA) is 35.5 Å². The van der Waals surface area contributed by atoms with E-state index < -0.39 is 5.60 Å². The fraction of sp³-hybridized carbons (Fsp3) is 1.00. The molecular weight excluding hydrogens is 200 g/mol. The van der Waals surface area contributed by atoms with Crippen LogP contribution in [0.5, 0.6) is 0 Å². The number of aliphatic hydroxyl groups is 1. The Morgan fingerprint density at radius 2 is 2.12 bits per heavy atom. The largest absolute Gasteiger partial charge is 0.389 e. The smallest absolute Gasteiger partial charge is 0.0743 e. The molecule has 96 valence electrons. The molecule has 0 aromatic carbocycles. The highest BCUT2D eigenvalue weighted by atomic mass is 16.3. The van der Waals surface area contributed by atoms with Gasteiger partial charge in [0, 0.05) is 19.1 Å². The molecule has 3 heteroatoms. The molecule has 0 bridgehead atoms. The van der Waals surface area contributed by atoms with E-state index in [0.29, 0.717) is 6.04 Å². The number of likely N-dealkylation sites (tertiary alicyclic amines) is 1. The predicted molar refractivity (Wildman–Crippen MR) is 68.7 cm³/mol. The second-order valence-electron chi connectivity index (χ2n) is 5.28. The van der Waals surface area contributed by atoms with E-state index in [0.717, 1.165) is 32.6 Å². The monoisotopic (exact) mass is 228 g/mol. The van der Waals surface area contributed by atoms with Crippen molar-refractivity contribution >= 4 is 0 Å². The van der Waals surface area contributed by atoms with Gasteiger partial charge in [-0.2, -0.15) is 0 Å². The quantitative estimate of drug-likeness (QED) is 0.725. The van der Waals surface area contributed by atoms with Gasteiger partial charge in [0.1, 0.15) is 0 Å². The zero-order valence-corrected chi connectivity index (χ0v) is 11.1. The van der Waals surface area contributed by atoms with Gasteiger partial charge in [-0.1, -0.05) is 20.3 Å². The van der Waals surface area contributed by atoms with Crippen molar-refractivity contribution in [3.8, 4) is 0 Å². The van der Waals surface area contributed by atoms with Crippen molar-refractivity contribution in [2.24, 2.45) is 0 Å². The second-order valence-corrected chi connectivity index (χ2v) is 5.28. The van der Waals surface area contributed by atoms with Crippen LogP contribution in [0.25, 0.3) is 0 Å². The normalized spacial score (nSPS) is 26.6. The third-order valence-corrected chi connectivity index (χ3v) is 3.68. The molecule has 0 amide bonds. The Balaban J connectivity index is 2.46. The SMILES string of the molecule is CCNCC1CCCCN1CC(C)(O)CC. The molecule has 16 heavy (non-hydrogen) atoms. The number of rotatable bonds is 6. The van der Waals surface area contributed by atoms with Crippen LogP contribution in [0.3, 0.4) is 0 Å². The van der Waals surface area contributed by atoms with Crippen LogP contribution in [0.4, 0.5) is 0 Å². The first-order chi connectivity index (χ1) is 7.59. The zero-order valence-electron chi connectivity index (χ0n) is 11.1. The van der Waals surface area contributed by atoms with Crippen molar-refractivity contribution in [1.82, 2.24) is 10.2 Å². The van der Waals surface area contributed by atoms with Crippen molar-refractivity contribution in [3.05, 3.63) is 0 Å². The molecule has 2 unspecified atom stereocenters. The van der Waals surface area contributed by atoms with Crippen molar-refractivity contribution in [2.45, 2.75) is 58.1 Å². The maximum absolute atomic E-state index is 10.2. The van der Waals surface area contributed by atoms with Gasteiger partial charge in [-0.25, -0.2) is 0 Å². The van der Waals surface area contributed by atoms with Crippen LogP contribution in [0, 0.1) is 0 Å². The predicted octanol–water partition coefficient (Wildman–Crippen LogP) is 1.61. The molecule has 2 atom stereocenters. The van der Waals surface area contributed by atoms with Gasteiger partial charge in [0.15, 0.2) is 0 Å². The minimum atomic E-state index is -0.526. The number of nitrogens with one attached hydrogen (secondary N) is 1. The molecular formula is C13H28N2O. The van der Waals surface area contributed by atoms with Crippen molar-refractivity contribution in [3.63, 3.8) is 0 Å². The zero-order chi connectivity index (χ0) is 12.0. The molecule has 1 saturated heterocycles. The van der Waals surface area contributed by atoms with E-state index in [1.807, 2.05) is 6.92 Å². The first-order valence-electron chi connectivity index (χ1n) is 6.76. The van der Waals surface area contributed by atoms with Crippen LogP contribution < -0.4 is 5.32 Å². The summed E-state index contributed by atoms with van der Waals surface area (Å²) in [5.74, 6) is 0. The van der Waals surface area contributed by atoms with Crippen LogP contribution in [0.1, 0.15) is 46.5 Å². The molecule has 0 aromatic rings. The molecule has 0 aromatic heterocycles. The first kappa shape index (κ1) is 13.9. The summed E-state index contributed by atoms with van der Waals surface area (Å²) in [6.07, 6.45) is 4.72. The Morgan fingerprint density at radius 1 is 1.38 bits per heavy atom. The summed E-state index contributed by atoms with van der Waals surface area (Å²) in [6.45, 7) is 10.2. The molecule has 0 aliphatic carbocycles. The van der Waals surface area contributed by atoms with Crippen LogP contribution in [0.15, 0.2) is 0 Å². The molecule has 3 nitrogen and oxygen atoms in total. The van der Waals surface area contributed by atoms with Crippen LogP contribution in [-0.4, -0.2) is 47.8 Å². The summed E-state index contributed by atoms with van der Waals surface area (Å²) in [5.41, 5.74) is -0.526. The van der Waals surface area contributed by atoms with Gasteiger partial charge in [-0.15, -0.1) is 0 Å². The molecule has 1 aliphatic rings. The Morgan fingerprint density at radius 3 is 2.75 bits per heavy atom. The Labute approximate surface area is 100 Å². The highest BCUT2D eigenvalue weighted by molar-refractivity contribution is 4.84. The standard InChI is InChI=1S/C13H28N2O/c1-4-13(3,16)11-15-9-7-6-8-12(15)10-14-5-2/h12,14,16H,4-11H2,1-3H3. The average molecular weight is 228 g/mol. The Bertz CT molecular complexity index is 194. The van der Waals surface area contributed by atoms with E-state index in [9.17, 15) is 5.11 Å². The lowest BCUT2D eigenvalue weighted by Crippen LogP contribution is -2.51. The van der Waals surface area contributed by atoms with Gasteiger partial charge in [0.25, 0.3) is 0 Å². The molecule has 1 fully saturated rings. The number of nitrogens with zero attached hydrogens (tertiary/aromatic N) is 1. The van der Waals surface area contributed by atoms with E-state index >= 15 is 0 Å². The third-order valence-electron chi connectivity index (χ3n) is 3.68. The van der Waals surface area contributed by atoms with Gasteiger partial charge in [-0.05, 0) is 39.3 Å². The summed E-state index contributed by atoms with van der Waals surface area (Å²) in [4.78, 5) is 2.47.